The van der Waals surface area contributed by atoms with E-state index in [2.05, 4.69) is 55.3 Å². The van der Waals surface area contributed by atoms with E-state index in [1.54, 1.807) is 0 Å². The normalized spacial score (nSPS) is 19.8. The van der Waals surface area contributed by atoms with Crippen LogP contribution in [0.15, 0.2) is 24.3 Å². The van der Waals surface area contributed by atoms with Crippen molar-refractivity contribution < 1.29 is 4.79 Å². The lowest BCUT2D eigenvalue weighted by molar-refractivity contribution is 0.186. The number of piperazine rings is 1. The maximum absolute atomic E-state index is 12.5. The zero-order valence-corrected chi connectivity index (χ0v) is 16.1. The fraction of sp³-hybridized carbons (Fsp3) is 0.667. The Morgan fingerprint density at radius 3 is 2.28 bits per heavy atom. The SMILES string of the molecule is CC(C)(C)c1ccccc1N1CCN(C(=O)NC2CCCCC2)CC1. The molecule has 2 fully saturated rings. The van der Waals surface area contributed by atoms with Gasteiger partial charge in [0.05, 0.1) is 0 Å². The van der Waals surface area contributed by atoms with E-state index in [-0.39, 0.29) is 11.4 Å². The Morgan fingerprint density at radius 1 is 1.00 bits per heavy atom. The molecule has 25 heavy (non-hydrogen) atoms. The van der Waals surface area contributed by atoms with E-state index in [1.807, 2.05) is 4.90 Å². The molecule has 0 bridgehead atoms. The molecule has 0 spiro atoms. The predicted molar refractivity (Wildman–Crippen MR) is 104 cm³/mol. The first kappa shape index (κ1) is 18.1. The highest BCUT2D eigenvalue weighted by Crippen LogP contribution is 2.32. The van der Waals surface area contributed by atoms with Crippen molar-refractivity contribution in [3.8, 4) is 0 Å². The molecule has 0 aromatic heterocycles. The minimum absolute atomic E-state index is 0.131. The molecule has 138 valence electrons. The molecule has 1 aromatic rings. The molecule has 1 aliphatic carbocycles. The zero-order chi connectivity index (χ0) is 17.9. The van der Waals surface area contributed by atoms with Gasteiger partial charge in [-0.2, -0.15) is 0 Å². The number of urea groups is 1. The number of hydrogen-bond donors (Lipinski definition) is 1. The maximum atomic E-state index is 12.5. The van der Waals surface area contributed by atoms with Gasteiger partial charge < -0.3 is 15.1 Å². The second-order valence-electron chi connectivity index (χ2n) is 8.53. The molecule has 2 aliphatic rings. The highest BCUT2D eigenvalue weighted by Gasteiger charge is 2.26. The van der Waals surface area contributed by atoms with E-state index in [4.69, 9.17) is 0 Å². The van der Waals surface area contributed by atoms with Crippen LogP contribution in [0.3, 0.4) is 0 Å². The van der Waals surface area contributed by atoms with Crippen LogP contribution in [0.4, 0.5) is 10.5 Å². The second kappa shape index (κ2) is 7.67. The lowest BCUT2D eigenvalue weighted by Gasteiger charge is -2.39. The molecule has 2 amide bonds. The van der Waals surface area contributed by atoms with Gasteiger partial charge in [-0.15, -0.1) is 0 Å². The molecule has 0 unspecified atom stereocenters. The van der Waals surface area contributed by atoms with Gasteiger partial charge in [0.2, 0.25) is 0 Å². The highest BCUT2D eigenvalue weighted by molar-refractivity contribution is 5.75. The number of anilines is 1. The first-order chi connectivity index (χ1) is 11.9. The number of para-hydroxylation sites is 1. The Bertz CT molecular complexity index is 579. The number of rotatable bonds is 2. The summed E-state index contributed by atoms with van der Waals surface area (Å²) in [5, 5.41) is 3.25. The summed E-state index contributed by atoms with van der Waals surface area (Å²) in [4.78, 5) is 17.0. The molecule has 1 aliphatic heterocycles. The molecule has 0 radical (unpaired) electrons. The van der Waals surface area contributed by atoms with Crippen molar-refractivity contribution in [3.05, 3.63) is 29.8 Å². The van der Waals surface area contributed by atoms with Crippen LogP contribution in [-0.2, 0) is 5.41 Å². The van der Waals surface area contributed by atoms with E-state index >= 15 is 0 Å². The number of nitrogens with zero attached hydrogens (tertiary/aromatic N) is 2. The minimum atomic E-state index is 0.131. The number of benzene rings is 1. The lowest BCUT2D eigenvalue weighted by atomic mass is 9.85. The van der Waals surface area contributed by atoms with Gasteiger partial charge in [0, 0.05) is 37.9 Å². The quantitative estimate of drug-likeness (QED) is 0.875. The van der Waals surface area contributed by atoms with Crippen molar-refractivity contribution in [2.45, 2.75) is 64.3 Å². The first-order valence-electron chi connectivity index (χ1n) is 9.85. The molecule has 0 atom stereocenters. The number of carbonyl (C=O) groups excluding carboxylic acids is 1. The molecule has 1 aromatic carbocycles. The van der Waals surface area contributed by atoms with Gasteiger partial charge in [0.25, 0.3) is 0 Å². The van der Waals surface area contributed by atoms with Gasteiger partial charge in [-0.25, -0.2) is 4.79 Å². The summed E-state index contributed by atoms with van der Waals surface area (Å²) in [5.74, 6) is 0. The Balaban J connectivity index is 1.58. The Morgan fingerprint density at radius 2 is 1.64 bits per heavy atom. The highest BCUT2D eigenvalue weighted by atomic mass is 16.2. The topological polar surface area (TPSA) is 35.6 Å². The van der Waals surface area contributed by atoms with E-state index in [0.29, 0.717) is 6.04 Å². The number of carbonyl (C=O) groups is 1. The van der Waals surface area contributed by atoms with Crippen LogP contribution in [0.2, 0.25) is 0 Å². The molecule has 1 saturated heterocycles. The Kier molecular flexibility index (Phi) is 5.55. The van der Waals surface area contributed by atoms with Gasteiger partial charge in [-0.1, -0.05) is 58.2 Å². The van der Waals surface area contributed by atoms with Crippen LogP contribution in [0, 0.1) is 0 Å². The summed E-state index contributed by atoms with van der Waals surface area (Å²) in [6.07, 6.45) is 6.11. The van der Waals surface area contributed by atoms with Crippen molar-refractivity contribution in [1.29, 1.82) is 0 Å². The van der Waals surface area contributed by atoms with E-state index < -0.39 is 0 Å². The fourth-order valence-electron chi connectivity index (χ4n) is 4.05. The summed E-state index contributed by atoms with van der Waals surface area (Å²) in [7, 11) is 0. The van der Waals surface area contributed by atoms with Crippen LogP contribution < -0.4 is 10.2 Å². The third-order valence-corrected chi connectivity index (χ3v) is 5.55. The molecule has 1 heterocycles. The van der Waals surface area contributed by atoms with Gasteiger partial charge in [0.1, 0.15) is 0 Å². The van der Waals surface area contributed by atoms with Crippen molar-refractivity contribution in [2.24, 2.45) is 0 Å². The zero-order valence-electron chi connectivity index (χ0n) is 16.1. The van der Waals surface area contributed by atoms with E-state index in [9.17, 15) is 4.79 Å². The number of amides is 2. The smallest absolute Gasteiger partial charge is 0.317 e. The Labute approximate surface area is 152 Å². The van der Waals surface area contributed by atoms with Crippen molar-refractivity contribution in [1.82, 2.24) is 10.2 Å². The molecular weight excluding hydrogens is 310 g/mol. The van der Waals surface area contributed by atoms with E-state index in [1.165, 1.54) is 30.5 Å². The van der Waals surface area contributed by atoms with Crippen LogP contribution in [-0.4, -0.2) is 43.2 Å². The van der Waals surface area contributed by atoms with Gasteiger partial charge in [-0.3, -0.25) is 0 Å². The number of nitrogens with one attached hydrogen (secondary N) is 1. The summed E-state index contributed by atoms with van der Waals surface area (Å²) >= 11 is 0. The molecule has 3 rings (SSSR count). The molecule has 1 N–H and O–H groups in total. The minimum Gasteiger partial charge on any atom is -0.368 e. The van der Waals surface area contributed by atoms with Gasteiger partial charge >= 0.3 is 6.03 Å². The summed E-state index contributed by atoms with van der Waals surface area (Å²) < 4.78 is 0. The van der Waals surface area contributed by atoms with Crippen LogP contribution in [0.25, 0.3) is 0 Å². The van der Waals surface area contributed by atoms with Crippen LogP contribution in [0.5, 0.6) is 0 Å². The van der Waals surface area contributed by atoms with Crippen molar-refractivity contribution >= 4 is 11.7 Å². The average molecular weight is 344 g/mol. The van der Waals surface area contributed by atoms with Crippen molar-refractivity contribution in [3.63, 3.8) is 0 Å². The van der Waals surface area contributed by atoms with Gasteiger partial charge in [-0.05, 0) is 29.9 Å². The van der Waals surface area contributed by atoms with Crippen LogP contribution in [0.1, 0.15) is 58.4 Å². The molecule has 1 saturated carbocycles. The van der Waals surface area contributed by atoms with Crippen molar-refractivity contribution in [2.75, 3.05) is 31.1 Å². The average Bonchev–Trinajstić information content (AvgIpc) is 2.62. The summed E-state index contributed by atoms with van der Waals surface area (Å²) in [6.45, 7) is 10.2. The fourth-order valence-corrected chi connectivity index (χ4v) is 4.05. The molecule has 4 nitrogen and oxygen atoms in total. The maximum Gasteiger partial charge on any atom is 0.317 e. The standard InChI is InChI=1S/C21H33N3O/c1-21(2,3)18-11-7-8-12-19(18)23-13-15-24(16-14-23)20(25)22-17-9-5-4-6-10-17/h7-8,11-12,17H,4-6,9-10,13-16H2,1-3H3,(H,22,25). The monoisotopic (exact) mass is 343 g/mol. The largest absolute Gasteiger partial charge is 0.368 e. The van der Waals surface area contributed by atoms with E-state index in [0.717, 1.165) is 39.0 Å². The van der Waals surface area contributed by atoms with Crippen LogP contribution >= 0.6 is 0 Å². The number of hydrogen-bond acceptors (Lipinski definition) is 2. The second-order valence-corrected chi connectivity index (χ2v) is 8.53. The third kappa shape index (κ3) is 4.47. The lowest BCUT2D eigenvalue weighted by Crippen LogP contribution is -2.54. The predicted octanol–water partition coefficient (Wildman–Crippen LogP) is 4.15. The first-order valence-corrected chi connectivity index (χ1v) is 9.85. The van der Waals surface area contributed by atoms with Gasteiger partial charge in [0.15, 0.2) is 0 Å². The summed E-state index contributed by atoms with van der Waals surface area (Å²) in [6, 6.07) is 9.22. The third-order valence-electron chi connectivity index (χ3n) is 5.55. The molecule has 4 heteroatoms. The summed E-state index contributed by atoms with van der Waals surface area (Å²) in [5.41, 5.74) is 2.84. The Hall–Kier alpha value is -1.71. The molecular formula is C21H33N3O.